The molecule has 0 saturated carbocycles. The molecule has 0 saturated heterocycles. The lowest BCUT2D eigenvalue weighted by atomic mass is 10.2. The van der Waals surface area contributed by atoms with Crippen LogP contribution >= 0.6 is 0 Å². The van der Waals surface area contributed by atoms with Crippen molar-refractivity contribution in [3.8, 4) is 22.9 Å². The molecule has 3 aliphatic heterocycles. The molecule has 0 aromatic heterocycles. The van der Waals surface area contributed by atoms with Gasteiger partial charge in [-0.15, -0.1) is 0 Å². The molecule has 1 atom stereocenters. The van der Waals surface area contributed by atoms with Crippen LogP contribution in [0.1, 0.15) is 17.5 Å². The minimum atomic E-state index is -0.168. The lowest BCUT2D eigenvalue weighted by Crippen LogP contribution is -2.30. The number of nitrogens with zero attached hydrogens (tertiary/aromatic N) is 4. The van der Waals surface area contributed by atoms with E-state index in [-0.39, 0.29) is 35.7 Å². The second-order valence-corrected chi connectivity index (χ2v) is 5.41. The summed E-state index contributed by atoms with van der Waals surface area (Å²) in [6, 6.07) is 3.01. The molecule has 0 spiro atoms. The van der Waals surface area contributed by atoms with Crippen molar-refractivity contribution in [2.24, 2.45) is 7.05 Å². The Morgan fingerprint density at radius 2 is 2.32 bits per heavy atom. The Bertz CT molecular complexity index is 1030. The van der Waals surface area contributed by atoms with Crippen molar-refractivity contribution in [3.63, 3.8) is 0 Å². The normalized spacial score (nSPS) is 18.6. The maximum absolute atomic E-state index is 12.6. The molecule has 0 bridgehead atoms. The first kappa shape index (κ1) is 10.2. The van der Waals surface area contributed by atoms with E-state index in [2.05, 4.69) is 22.2 Å². The van der Waals surface area contributed by atoms with Crippen molar-refractivity contribution in [1.82, 2.24) is 19.1 Å². The molecule has 0 amide bonds. The molecule has 0 fully saturated rings. The van der Waals surface area contributed by atoms with Crippen LogP contribution in [0.5, 0.6) is 0 Å². The fourth-order valence-corrected chi connectivity index (χ4v) is 2.79. The van der Waals surface area contributed by atoms with Gasteiger partial charge in [0.2, 0.25) is 0 Å². The van der Waals surface area contributed by atoms with Gasteiger partial charge >= 0.3 is 5.69 Å². The molecule has 0 unspecified atom stereocenters. The zero-order valence-electron chi connectivity index (χ0n) is 15.3. The van der Waals surface area contributed by atoms with Gasteiger partial charge < -0.3 is 5.32 Å². The van der Waals surface area contributed by atoms with Crippen LogP contribution in [0.25, 0.3) is 22.9 Å². The first-order valence-electron chi connectivity index (χ1n) is 8.72. The van der Waals surface area contributed by atoms with Gasteiger partial charge in [-0.2, -0.15) is 0 Å². The number of hydrogen-bond acceptors (Lipinski definition) is 4. The molecule has 3 aliphatic rings. The summed E-state index contributed by atoms with van der Waals surface area (Å²) in [6.07, 6.45) is 0.882. The number of rotatable bonds is 2. The highest BCUT2D eigenvalue weighted by Gasteiger charge is 2.30. The van der Waals surface area contributed by atoms with E-state index in [1.165, 1.54) is 16.7 Å². The van der Waals surface area contributed by atoms with Gasteiger partial charge in [0.25, 0.3) is 0 Å². The van der Waals surface area contributed by atoms with Crippen molar-refractivity contribution in [2.45, 2.75) is 25.9 Å². The number of aromatic nitrogens is 4. The van der Waals surface area contributed by atoms with Gasteiger partial charge in [0.15, 0.2) is 11.6 Å². The summed E-state index contributed by atoms with van der Waals surface area (Å²) < 4.78 is 26.8. The molecule has 4 rings (SSSR count). The largest absolute Gasteiger partial charge is 0.365 e. The maximum atomic E-state index is 12.6. The average Bonchev–Trinajstić information content (AvgIpc) is 3.20. The Kier molecular flexibility index (Phi) is 2.17. The third-order valence-corrected chi connectivity index (χ3v) is 4.04. The predicted molar refractivity (Wildman–Crippen MR) is 85.0 cm³/mol. The second kappa shape index (κ2) is 4.69. The molecule has 6 nitrogen and oxygen atoms in total. The highest BCUT2D eigenvalue weighted by molar-refractivity contribution is 5.73. The van der Waals surface area contributed by atoms with E-state index in [1.54, 1.807) is 11.6 Å². The number of imidazole rings is 1. The van der Waals surface area contributed by atoms with Gasteiger partial charge in [0.05, 0.1) is 4.11 Å². The van der Waals surface area contributed by atoms with Crippen LogP contribution in [0.4, 0.5) is 5.82 Å². The molecule has 0 aliphatic carbocycles. The number of fused-ring (bicyclic) bond motifs is 3. The van der Waals surface area contributed by atoms with E-state index in [4.69, 9.17) is 4.11 Å². The standard InChI is InChI=1S/C16H17N5O/c1-3-11-9-21-15(17-11)12-14(20(2)16(21)22)19-13(18-12)10-7-5-4-6-8-10/h4-8,11,17H,3,9H2,1-2H3/t11-/m1/s1/i5T,6T,7T. The summed E-state index contributed by atoms with van der Waals surface area (Å²) in [5.74, 6) is 1.33. The molecule has 0 radical (unpaired) electrons. The molecule has 1 aromatic rings. The Balaban J connectivity index is 1.98. The van der Waals surface area contributed by atoms with Crippen LogP contribution in [-0.4, -0.2) is 25.1 Å². The molecule has 1 aromatic carbocycles. The highest BCUT2D eigenvalue weighted by atomic mass is 16.1. The molecule has 22 heavy (non-hydrogen) atoms. The van der Waals surface area contributed by atoms with Gasteiger partial charge in [-0.05, 0) is 6.42 Å². The maximum Gasteiger partial charge on any atom is 0.331 e. The Labute approximate surface area is 132 Å². The van der Waals surface area contributed by atoms with E-state index in [0.29, 0.717) is 29.4 Å². The summed E-state index contributed by atoms with van der Waals surface area (Å²) in [7, 11) is 1.65. The van der Waals surface area contributed by atoms with E-state index in [9.17, 15) is 4.79 Å². The van der Waals surface area contributed by atoms with Gasteiger partial charge in [-0.25, -0.2) is 14.8 Å². The van der Waals surface area contributed by atoms with Crippen LogP contribution in [-0.2, 0) is 13.6 Å². The van der Waals surface area contributed by atoms with E-state index >= 15 is 0 Å². The molecule has 3 heterocycles. The zero-order valence-corrected chi connectivity index (χ0v) is 12.3. The minimum absolute atomic E-state index is 0.0278. The van der Waals surface area contributed by atoms with E-state index in [0.717, 1.165) is 6.42 Å². The van der Waals surface area contributed by atoms with Crippen molar-refractivity contribution in [1.29, 1.82) is 0 Å². The molecule has 6 heteroatoms. The first-order chi connectivity index (χ1) is 11.9. The zero-order chi connectivity index (χ0) is 17.9. The lowest BCUT2D eigenvalue weighted by Gasteiger charge is -2.10. The van der Waals surface area contributed by atoms with Crippen LogP contribution in [0.3, 0.4) is 0 Å². The molecule has 112 valence electrons. The van der Waals surface area contributed by atoms with Gasteiger partial charge in [-0.1, -0.05) is 37.2 Å². The summed E-state index contributed by atoms with van der Waals surface area (Å²) in [5, 5.41) is 3.32. The molecular weight excluding hydrogens is 278 g/mol. The summed E-state index contributed by atoms with van der Waals surface area (Å²) in [6.45, 7) is 2.63. The summed E-state index contributed by atoms with van der Waals surface area (Å²) in [5.41, 5.74) is 0.721. The third kappa shape index (κ3) is 1.76. The quantitative estimate of drug-likeness (QED) is 0.786. The van der Waals surface area contributed by atoms with Crippen molar-refractivity contribution in [2.75, 3.05) is 5.32 Å². The van der Waals surface area contributed by atoms with Gasteiger partial charge in [0, 0.05) is 25.2 Å². The van der Waals surface area contributed by atoms with Crippen LogP contribution in [0, 0.1) is 0 Å². The number of anilines is 1. The van der Waals surface area contributed by atoms with Crippen LogP contribution in [0.15, 0.2) is 35.1 Å². The second-order valence-electron chi connectivity index (χ2n) is 5.41. The van der Waals surface area contributed by atoms with E-state index in [1.807, 2.05) is 0 Å². The average molecular weight is 301 g/mol. The third-order valence-electron chi connectivity index (χ3n) is 4.04. The number of benzene rings is 1. The SMILES string of the molecule is [3H]c1cc([3H])c([3H])c(-c2nc3c4n(c(=O)n(C)c-3n2)C[C@@H](CC)N4)c1. The van der Waals surface area contributed by atoms with Crippen molar-refractivity contribution < 1.29 is 4.11 Å². The fourth-order valence-electron chi connectivity index (χ4n) is 2.79. The van der Waals surface area contributed by atoms with Gasteiger partial charge in [-0.3, -0.25) is 9.13 Å². The van der Waals surface area contributed by atoms with Crippen molar-refractivity contribution >= 4 is 5.82 Å². The fraction of sp³-hybridized carbons (Fsp3) is 0.312. The minimum Gasteiger partial charge on any atom is -0.365 e. The summed E-state index contributed by atoms with van der Waals surface area (Å²) >= 11 is 0. The van der Waals surface area contributed by atoms with E-state index < -0.39 is 0 Å². The first-order valence-corrected chi connectivity index (χ1v) is 7.22. The smallest absolute Gasteiger partial charge is 0.331 e. The Morgan fingerprint density at radius 1 is 1.45 bits per heavy atom. The Morgan fingerprint density at radius 3 is 3.14 bits per heavy atom. The summed E-state index contributed by atoms with van der Waals surface area (Å²) in [4.78, 5) is 21.5. The highest BCUT2D eigenvalue weighted by Crippen LogP contribution is 2.32. The number of nitrogens with one attached hydrogen (secondary N) is 1. The lowest BCUT2D eigenvalue weighted by molar-refractivity contribution is 0.590. The topological polar surface area (TPSA) is 64.7 Å². The Hall–Kier alpha value is -2.63. The van der Waals surface area contributed by atoms with Crippen LogP contribution in [0.2, 0.25) is 0 Å². The number of hydrogen-bond donors (Lipinski definition) is 1. The van der Waals surface area contributed by atoms with Crippen molar-refractivity contribution in [3.05, 3.63) is 40.7 Å². The monoisotopic (exact) mass is 301 g/mol. The molecular formula is C16H17N5O. The van der Waals surface area contributed by atoms with Crippen LogP contribution < -0.4 is 11.0 Å². The predicted octanol–water partition coefficient (Wildman–Crippen LogP) is 1.95. The van der Waals surface area contributed by atoms with Gasteiger partial charge in [0.1, 0.15) is 11.5 Å². The molecule has 1 N–H and O–H groups in total.